The van der Waals surface area contributed by atoms with Gasteiger partial charge in [0.15, 0.2) is 0 Å². The second kappa shape index (κ2) is 7.77. The first-order valence-electron chi connectivity index (χ1n) is 6.77. The molecule has 0 unspecified atom stereocenters. The van der Waals surface area contributed by atoms with Crippen LogP contribution in [-0.2, 0) is 14.8 Å². The predicted molar refractivity (Wildman–Crippen MR) is 84.7 cm³/mol. The fraction of sp³-hybridized carbons (Fsp3) is 0.500. The summed E-state index contributed by atoms with van der Waals surface area (Å²) < 4.78 is 25.5. The van der Waals surface area contributed by atoms with Gasteiger partial charge in [-0.1, -0.05) is 23.7 Å². The number of carbonyl (C=O) groups is 1. The van der Waals surface area contributed by atoms with Crippen LogP contribution in [0, 0.1) is 0 Å². The average molecular weight is 333 g/mol. The molecule has 0 aliphatic heterocycles. The van der Waals surface area contributed by atoms with Crippen LogP contribution in [0.3, 0.4) is 0 Å². The Kier molecular flexibility index (Phi) is 6.64. The Labute approximate surface area is 131 Å². The Morgan fingerprint density at radius 2 is 1.76 bits per heavy atom. The number of carbonyl (C=O) groups excluding carboxylic acids is 1. The van der Waals surface area contributed by atoms with Crippen molar-refractivity contribution in [1.82, 2.24) is 9.62 Å². The number of sulfonamides is 1. The van der Waals surface area contributed by atoms with Crippen LogP contribution in [-0.4, -0.2) is 38.6 Å². The lowest BCUT2D eigenvalue weighted by molar-refractivity contribution is -0.131. The van der Waals surface area contributed by atoms with Crippen molar-refractivity contribution >= 4 is 27.5 Å². The summed E-state index contributed by atoms with van der Waals surface area (Å²) in [6.07, 6.45) is 1.16. The van der Waals surface area contributed by atoms with E-state index in [9.17, 15) is 13.2 Å². The zero-order valence-corrected chi connectivity index (χ0v) is 14.0. The van der Waals surface area contributed by atoms with Gasteiger partial charge < -0.3 is 4.90 Å². The fourth-order valence-electron chi connectivity index (χ4n) is 2.06. The summed E-state index contributed by atoms with van der Waals surface area (Å²) in [5, 5.41) is 0.562. The Hall–Kier alpha value is -1.11. The molecule has 0 aliphatic rings. The molecule has 0 radical (unpaired) electrons. The molecule has 1 aromatic rings. The van der Waals surface area contributed by atoms with Crippen LogP contribution in [0.15, 0.2) is 24.3 Å². The lowest BCUT2D eigenvalue weighted by atomic mass is 10.0. The van der Waals surface area contributed by atoms with Crippen LogP contribution >= 0.6 is 11.6 Å². The summed E-state index contributed by atoms with van der Waals surface area (Å²) in [6.45, 7) is 4.98. The highest BCUT2D eigenvalue weighted by molar-refractivity contribution is 7.88. The maximum Gasteiger partial charge on any atom is 0.224 e. The van der Waals surface area contributed by atoms with Crippen LogP contribution in [0.1, 0.15) is 31.9 Å². The normalized spacial score (nSPS) is 13.0. The maximum absolute atomic E-state index is 12.2. The minimum Gasteiger partial charge on any atom is -0.343 e. The van der Waals surface area contributed by atoms with E-state index in [4.69, 9.17) is 11.6 Å². The molecule has 1 N–H and O–H groups in total. The van der Waals surface area contributed by atoms with E-state index in [0.29, 0.717) is 23.7 Å². The van der Waals surface area contributed by atoms with Crippen molar-refractivity contribution < 1.29 is 13.2 Å². The minimum atomic E-state index is -3.42. The Bertz CT molecular complexity index is 568. The molecule has 1 amide bonds. The highest BCUT2D eigenvalue weighted by Crippen LogP contribution is 2.21. The van der Waals surface area contributed by atoms with Crippen molar-refractivity contribution in [3.05, 3.63) is 34.9 Å². The lowest BCUT2D eigenvalue weighted by Crippen LogP contribution is -2.36. The average Bonchev–Trinajstić information content (AvgIpc) is 2.38. The monoisotopic (exact) mass is 332 g/mol. The van der Waals surface area contributed by atoms with Gasteiger partial charge in [-0.05, 0) is 31.5 Å². The van der Waals surface area contributed by atoms with Crippen LogP contribution in [0.5, 0.6) is 0 Å². The van der Waals surface area contributed by atoms with Crippen molar-refractivity contribution in [2.24, 2.45) is 0 Å². The van der Waals surface area contributed by atoms with Crippen molar-refractivity contribution in [2.45, 2.75) is 26.3 Å². The van der Waals surface area contributed by atoms with Crippen LogP contribution in [0.2, 0.25) is 5.02 Å². The third-order valence-corrected chi connectivity index (χ3v) is 4.09. The number of nitrogens with zero attached hydrogens (tertiary/aromatic N) is 1. The summed E-state index contributed by atoms with van der Waals surface area (Å²) >= 11 is 5.84. The Morgan fingerprint density at radius 1 is 1.24 bits per heavy atom. The molecule has 1 rings (SSSR count). The molecule has 1 aromatic carbocycles. The number of amides is 1. The predicted octanol–water partition coefficient (Wildman–Crippen LogP) is 2.19. The second-order valence-corrected chi connectivity index (χ2v) is 6.98. The topological polar surface area (TPSA) is 66.5 Å². The van der Waals surface area contributed by atoms with E-state index in [0.717, 1.165) is 6.26 Å². The SMILES string of the molecule is CCN(CC)C(=O)C[C@H](NS(C)(=O)=O)c1ccc(Cl)cc1. The molecule has 5 nitrogen and oxygen atoms in total. The molecule has 0 heterocycles. The van der Waals surface area contributed by atoms with Gasteiger partial charge in [0.1, 0.15) is 0 Å². The summed E-state index contributed by atoms with van der Waals surface area (Å²) in [7, 11) is -3.42. The van der Waals surface area contributed by atoms with E-state index < -0.39 is 16.1 Å². The van der Waals surface area contributed by atoms with Gasteiger partial charge in [0.05, 0.1) is 12.3 Å². The number of hydrogen-bond donors (Lipinski definition) is 1. The number of hydrogen-bond acceptors (Lipinski definition) is 3. The largest absolute Gasteiger partial charge is 0.343 e. The Balaban J connectivity index is 2.97. The van der Waals surface area contributed by atoms with Crippen molar-refractivity contribution in [1.29, 1.82) is 0 Å². The van der Waals surface area contributed by atoms with Gasteiger partial charge in [-0.15, -0.1) is 0 Å². The molecule has 0 bridgehead atoms. The summed E-state index contributed by atoms with van der Waals surface area (Å²) in [4.78, 5) is 13.9. The van der Waals surface area contributed by atoms with Crippen molar-refractivity contribution in [2.75, 3.05) is 19.3 Å². The van der Waals surface area contributed by atoms with E-state index in [2.05, 4.69) is 4.72 Å². The van der Waals surface area contributed by atoms with E-state index in [-0.39, 0.29) is 12.3 Å². The molecule has 0 aromatic heterocycles. The van der Waals surface area contributed by atoms with Gasteiger partial charge in [-0.3, -0.25) is 4.79 Å². The molecule has 118 valence electrons. The molecular formula is C14H21ClN2O3S. The highest BCUT2D eigenvalue weighted by Gasteiger charge is 2.22. The number of nitrogens with one attached hydrogen (secondary N) is 1. The van der Waals surface area contributed by atoms with Gasteiger partial charge in [-0.25, -0.2) is 13.1 Å². The van der Waals surface area contributed by atoms with Crippen LogP contribution < -0.4 is 4.72 Å². The van der Waals surface area contributed by atoms with Crippen LogP contribution in [0.25, 0.3) is 0 Å². The lowest BCUT2D eigenvalue weighted by Gasteiger charge is -2.23. The van der Waals surface area contributed by atoms with E-state index in [1.165, 1.54) is 0 Å². The quantitative estimate of drug-likeness (QED) is 0.832. The number of halogens is 1. The standard InChI is InChI=1S/C14H21ClN2O3S/c1-4-17(5-2)14(18)10-13(16-21(3,19)20)11-6-8-12(15)9-7-11/h6-9,13,16H,4-5,10H2,1-3H3/t13-/m0/s1. The summed E-state index contributed by atoms with van der Waals surface area (Å²) in [5.41, 5.74) is 0.713. The van der Waals surface area contributed by atoms with Crippen LogP contribution in [0.4, 0.5) is 0 Å². The van der Waals surface area contributed by atoms with Gasteiger partial charge in [0, 0.05) is 24.5 Å². The molecule has 0 saturated carbocycles. The van der Waals surface area contributed by atoms with E-state index in [1.54, 1.807) is 29.2 Å². The van der Waals surface area contributed by atoms with Gasteiger partial charge in [-0.2, -0.15) is 0 Å². The Morgan fingerprint density at radius 3 is 2.19 bits per heavy atom. The molecule has 0 fully saturated rings. The molecule has 0 aliphatic carbocycles. The maximum atomic E-state index is 12.2. The van der Waals surface area contributed by atoms with E-state index >= 15 is 0 Å². The fourth-order valence-corrected chi connectivity index (χ4v) is 2.92. The van der Waals surface area contributed by atoms with Crippen molar-refractivity contribution in [3.63, 3.8) is 0 Å². The van der Waals surface area contributed by atoms with Gasteiger partial charge in [0.2, 0.25) is 15.9 Å². The third-order valence-electron chi connectivity index (χ3n) is 3.12. The first-order chi connectivity index (χ1) is 9.76. The molecule has 1 atom stereocenters. The number of rotatable bonds is 7. The van der Waals surface area contributed by atoms with Gasteiger partial charge in [0.25, 0.3) is 0 Å². The number of benzene rings is 1. The smallest absolute Gasteiger partial charge is 0.224 e. The molecule has 0 spiro atoms. The molecule has 7 heteroatoms. The summed E-state index contributed by atoms with van der Waals surface area (Å²) in [6, 6.07) is 6.21. The third kappa shape index (κ3) is 6.03. The zero-order valence-electron chi connectivity index (χ0n) is 12.5. The minimum absolute atomic E-state index is 0.0797. The summed E-state index contributed by atoms with van der Waals surface area (Å²) in [5.74, 6) is -0.0869. The zero-order chi connectivity index (χ0) is 16.0. The first-order valence-corrected chi connectivity index (χ1v) is 9.04. The molecule has 0 saturated heterocycles. The van der Waals surface area contributed by atoms with E-state index in [1.807, 2.05) is 13.8 Å². The highest BCUT2D eigenvalue weighted by atomic mass is 35.5. The first kappa shape index (κ1) is 17.9. The van der Waals surface area contributed by atoms with Crippen molar-refractivity contribution in [3.8, 4) is 0 Å². The van der Waals surface area contributed by atoms with Gasteiger partial charge >= 0.3 is 0 Å². The second-order valence-electron chi connectivity index (χ2n) is 4.76. The molecule has 21 heavy (non-hydrogen) atoms. The molecular weight excluding hydrogens is 312 g/mol.